The second-order valence-electron chi connectivity index (χ2n) is 9.21. The van der Waals surface area contributed by atoms with Gasteiger partial charge in [0, 0.05) is 44.8 Å². The van der Waals surface area contributed by atoms with Gasteiger partial charge in [-0.3, -0.25) is 4.79 Å². The molecule has 7 heteroatoms. The minimum atomic E-state index is -0.399. The molecule has 0 unspecified atom stereocenters. The Bertz CT molecular complexity index is 928. The summed E-state index contributed by atoms with van der Waals surface area (Å²) in [5.74, 6) is 2.94. The average molecular weight is 436 g/mol. The number of carbonyl (C=O) groups excluding carboxylic acids is 1. The number of nitrogens with zero attached hydrogens (tertiary/aromatic N) is 5. The highest BCUT2D eigenvalue weighted by atomic mass is 16.5. The second kappa shape index (κ2) is 8.96. The van der Waals surface area contributed by atoms with Gasteiger partial charge in [0.1, 0.15) is 5.75 Å². The van der Waals surface area contributed by atoms with Crippen LogP contribution < -0.4 is 14.5 Å². The maximum atomic E-state index is 13.5. The number of hydrogen-bond acceptors (Lipinski definition) is 6. The number of carbonyl (C=O) groups is 1. The third-order valence-corrected chi connectivity index (χ3v) is 7.24. The fourth-order valence-electron chi connectivity index (χ4n) is 5.16. The lowest BCUT2D eigenvalue weighted by atomic mass is 9.93. The topological polar surface area (TPSA) is 61.8 Å². The van der Waals surface area contributed by atoms with Gasteiger partial charge < -0.3 is 19.4 Å². The lowest BCUT2D eigenvalue weighted by molar-refractivity contribution is -0.134. The number of piperazine rings is 1. The van der Waals surface area contributed by atoms with E-state index in [0.29, 0.717) is 13.1 Å². The van der Waals surface area contributed by atoms with Gasteiger partial charge >= 0.3 is 0 Å². The van der Waals surface area contributed by atoms with E-state index in [2.05, 4.69) is 32.1 Å². The van der Waals surface area contributed by atoms with Crippen molar-refractivity contribution in [3.63, 3.8) is 0 Å². The quantitative estimate of drug-likeness (QED) is 0.719. The van der Waals surface area contributed by atoms with Crippen LogP contribution in [0.25, 0.3) is 0 Å². The maximum absolute atomic E-state index is 13.5. The Balaban J connectivity index is 1.21. The van der Waals surface area contributed by atoms with Crippen molar-refractivity contribution >= 4 is 17.5 Å². The second-order valence-corrected chi connectivity index (χ2v) is 9.21. The molecular weight excluding hydrogens is 402 g/mol. The molecule has 0 bridgehead atoms. The largest absolute Gasteiger partial charge is 0.496 e. The highest BCUT2D eigenvalue weighted by molar-refractivity contribution is 5.92. The van der Waals surface area contributed by atoms with Crippen LogP contribution in [0.4, 0.5) is 11.6 Å². The van der Waals surface area contributed by atoms with Gasteiger partial charge in [-0.2, -0.15) is 0 Å². The lowest BCUT2D eigenvalue weighted by Crippen LogP contribution is -2.51. The lowest BCUT2D eigenvalue weighted by Gasteiger charge is -2.37. The summed E-state index contributed by atoms with van der Waals surface area (Å²) in [6.07, 6.45) is 6.88. The van der Waals surface area contributed by atoms with E-state index in [1.807, 2.05) is 29.2 Å². The molecule has 0 N–H and O–H groups in total. The fourth-order valence-corrected chi connectivity index (χ4v) is 5.16. The van der Waals surface area contributed by atoms with Crippen LogP contribution in [0.1, 0.15) is 44.1 Å². The number of rotatable bonds is 5. The SMILES string of the molecule is COc1ccccc1C1(C(=O)N2CCN(c3ccc(N4CCCCCC4)nn3)CC2)CC1. The Labute approximate surface area is 190 Å². The van der Waals surface area contributed by atoms with Gasteiger partial charge in [-0.15, -0.1) is 10.2 Å². The fraction of sp³-hybridized carbons (Fsp3) is 0.560. The van der Waals surface area contributed by atoms with Gasteiger partial charge in [0.25, 0.3) is 0 Å². The molecule has 2 saturated heterocycles. The van der Waals surface area contributed by atoms with Crippen LogP contribution in [0.15, 0.2) is 36.4 Å². The van der Waals surface area contributed by atoms with Gasteiger partial charge in [0.15, 0.2) is 11.6 Å². The summed E-state index contributed by atoms with van der Waals surface area (Å²) in [7, 11) is 1.68. The van der Waals surface area contributed by atoms with Crippen molar-refractivity contribution in [1.82, 2.24) is 15.1 Å². The summed E-state index contributed by atoms with van der Waals surface area (Å²) in [6, 6.07) is 12.1. The molecule has 3 aliphatic rings. The Hall–Kier alpha value is -2.83. The Morgan fingerprint density at radius 3 is 1.97 bits per heavy atom. The van der Waals surface area contributed by atoms with Crippen LogP contribution in [0, 0.1) is 0 Å². The summed E-state index contributed by atoms with van der Waals surface area (Å²) in [5.41, 5.74) is 0.633. The minimum Gasteiger partial charge on any atom is -0.496 e. The van der Waals surface area contributed by atoms with Crippen molar-refractivity contribution in [2.45, 2.75) is 43.9 Å². The third-order valence-electron chi connectivity index (χ3n) is 7.24. The van der Waals surface area contributed by atoms with E-state index in [1.54, 1.807) is 7.11 Å². The highest BCUT2D eigenvalue weighted by Crippen LogP contribution is 2.52. The van der Waals surface area contributed by atoms with E-state index in [0.717, 1.165) is 62.0 Å². The first-order valence-corrected chi connectivity index (χ1v) is 12.0. The number of benzene rings is 1. The molecule has 3 heterocycles. The molecular formula is C25H33N5O2. The molecule has 1 aromatic carbocycles. The van der Waals surface area contributed by atoms with Crippen molar-refractivity contribution in [2.24, 2.45) is 0 Å². The van der Waals surface area contributed by atoms with Gasteiger partial charge in [-0.25, -0.2) is 0 Å². The van der Waals surface area contributed by atoms with Crippen molar-refractivity contribution in [1.29, 1.82) is 0 Å². The van der Waals surface area contributed by atoms with Crippen molar-refractivity contribution in [3.05, 3.63) is 42.0 Å². The molecule has 7 nitrogen and oxygen atoms in total. The zero-order valence-electron chi connectivity index (χ0n) is 19.0. The highest BCUT2D eigenvalue weighted by Gasteiger charge is 2.54. The van der Waals surface area contributed by atoms with Crippen molar-refractivity contribution in [3.8, 4) is 5.75 Å². The minimum absolute atomic E-state index is 0.240. The molecule has 0 atom stereocenters. The molecule has 2 aliphatic heterocycles. The van der Waals surface area contributed by atoms with Crippen molar-refractivity contribution in [2.75, 3.05) is 56.2 Å². The van der Waals surface area contributed by atoms with Crippen LogP contribution in [0.2, 0.25) is 0 Å². The molecule has 0 radical (unpaired) electrons. The summed E-state index contributed by atoms with van der Waals surface area (Å²) in [5, 5.41) is 9.04. The van der Waals surface area contributed by atoms with Crippen LogP contribution in [-0.4, -0.2) is 67.4 Å². The number of ether oxygens (including phenoxy) is 1. The van der Waals surface area contributed by atoms with Crippen LogP contribution in [0.3, 0.4) is 0 Å². The molecule has 2 aromatic rings. The molecule has 5 rings (SSSR count). The average Bonchev–Trinajstić information content (AvgIpc) is 3.69. The molecule has 3 fully saturated rings. The number of amides is 1. The van der Waals surface area contributed by atoms with Crippen LogP contribution >= 0.6 is 0 Å². The first kappa shape index (κ1) is 21.0. The van der Waals surface area contributed by atoms with Gasteiger partial charge in [-0.1, -0.05) is 31.0 Å². The van der Waals surface area contributed by atoms with E-state index in [9.17, 15) is 4.79 Å². The Morgan fingerprint density at radius 2 is 1.41 bits per heavy atom. The normalized spacial score (nSPS) is 20.6. The molecule has 1 aliphatic carbocycles. The van der Waals surface area contributed by atoms with Crippen LogP contribution in [-0.2, 0) is 10.2 Å². The molecule has 32 heavy (non-hydrogen) atoms. The Morgan fingerprint density at radius 1 is 0.812 bits per heavy atom. The van der Waals surface area contributed by atoms with E-state index >= 15 is 0 Å². The van der Waals surface area contributed by atoms with Gasteiger partial charge in [0.05, 0.1) is 12.5 Å². The van der Waals surface area contributed by atoms with Crippen LogP contribution in [0.5, 0.6) is 5.75 Å². The molecule has 1 amide bonds. The predicted molar refractivity (Wildman–Crippen MR) is 125 cm³/mol. The summed E-state index contributed by atoms with van der Waals surface area (Å²) < 4.78 is 5.55. The molecule has 0 spiro atoms. The molecule has 170 valence electrons. The standard InChI is InChI=1S/C25H33N5O2/c1-32-21-9-5-4-8-20(21)25(12-13-25)24(31)30-18-16-29(17-19-30)23-11-10-22(26-27-23)28-14-6-2-3-7-15-28/h4-5,8-11H,2-3,6-7,12-19H2,1H3. The number of hydrogen-bond donors (Lipinski definition) is 0. The van der Waals surface area contributed by atoms with E-state index < -0.39 is 5.41 Å². The summed E-state index contributed by atoms with van der Waals surface area (Å²) >= 11 is 0. The van der Waals surface area contributed by atoms with E-state index in [-0.39, 0.29) is 5.91 Å². The summed E-state index contributed by atoms with van der Waals surface area (Å²) in [6.45, 7) is 5.14. The van der Waals surface area contributed by atoms with E-state index in [4.69, 9.17) is 4.74 Å². The summed E-state index contributed by atoms with van der Waals surface area (Å²) in [4.78, 5) is 20.1. The Kier molecular flexibility index (Phi) is 5.89. The number of methoxy groups -OCH3 is 1. The number of para-hydroxylation sites is 1. The van der Waals surface area contributed by atoms with Crippen molar-refractivity contribution < 1.29 is 9.53 Å². The smallest absolute Gasteiger partial charge is 0.233 e. The molecule has 1 aromatic heterocycles. The monoisotopic (exact) mass is 435 g/mol. The van der Waals surface area contributed by atoms with Gasteiger partial charge in [0.2, 0.25) is 5.91 Å². The number of aromatic nitrogens is 2. The van der Waals surface area contributed by atoms with Gasteiger partial charge in [-0.05, 0) is 43.9 Å². The third kappa shape index (κ3) is 4.00. The zero-order chi connectivity index (χ0) is 22.0. The molecule has 1 saturated carbocycles. The number of anilines is 2. The first-order valence-electron chi connectivity index (χ1n) is 12.0. The first-order chi connectivity index (χ1) is 15.7. The predicted octanol–water partition coefficient (Wildman–Crippen LogP) is 3.25. The van der Waals surface area contributed by atoms with E-state index in [1.165, 1.54) is 25.7 Å². The maximum Gasteiger partial charge on any atom is 0.233 e. The zero-order valence-corrected chi connectivity index (χ0v) is 19.0.